The van der Waals surface area contributed by atoms with Gasteiger partial charge in [-0.25, -0.2) is 0 Å². The van der Waals surface area contributed by atoms with Crippen molar-refractivity contribution in [1.29, 1.82) is 0 Å². The van der Waals surface area contributed by atoms with Gasteiger partial charge in [-0.15, -0.1) is 24.8 Å². The Morgan fingerprint density at radius 1 is 1.08 bits per heavy atom. The first kappa shape index (κ1) is 23.5. The van der Waals surface area contributed by atoms with E-state index in [4.69, 9.17) is 0 Å². The molecule has 152 valence electrons. The van der Waals surface area contributed by atoms with Crippen LogP contribution in [0.25, 0.3) is 0 Å². The normalized spacial score (nSPS) is 28.7. The zero-order valence-electron chi connectivity index (χ0n) is 15.9. The Kier molecular flexibility index (Phi) is 9.65. The summed E-state index contributed by atoms with van der Waals surface area (Å²) in [4.78, 5) is 28.8. The molecule has 0 aromatic rings. The molecule has 3 unspecified atom stereocenters. The van der Waals surface area contributed by atoms with Crippen molar-refractivity contribution in [2.24, 2.45) is 5.92 Å². The van der Waals surface area contributed by atoms with Crippen LogP contribution in [0.4, 0.5) is 0 Å². The summed E-state index contributed by atoms with van der Waals surface area (Å²) in [5.74, 6) is 1.05. The fraction of sp³-hybridized carbons (Fsp3) is 0.889. The van der Waals surface area contributed by atoms with Crippen molar-refractivity contribution >= 4 is 36.6 Å². The third kappa shape index (κ3) is 5.98. The number of carbonyl (C=O) groups is 2. The first-order valence-corrected chi connectivity index (χ1v) is 9.59. The first-order valence-electron chi connectivity index (χ1n) is 9.59. The molecule has 3 aliphatic rings. The van der Waals surface area contributed by atoms with E-state index in [-0.39, 0.29) is 48.7 Å². The van der Waals surface area contributed by atoms with Gasteiger partial charge in [-0.2, -0.15) is 0 Å². The molecule has 26 heavy (non-hydrogen) atoms. The maximum absolute atomic E-state index is 12.8. The van der Waals surface area contributed by atoms with Crippen LogP contribution in [0, 0.1) is 5.92 Å². The lowest BCUT2D eigenvalue weighted by atomic mass is 9.85. The highest BCUT2D eigenvalue weighted by molar-refractivity contribution is 5.85. The van der Waals surface area contributed by atoms with Gasteiger partial charge in [-0.05, 0) is 39.0 Å². The molecule has 2 heterocycles. The van der Waals surface area contributed by atoms with Gasteiger partial charge >= 0.3 is 0 Å². The fourth-order valence-electron chi connectivity index (χ4n) is 4.43. The van der Waals surface area contributed by atoms with Gasteiger partial charge in [0.1, 0.15) is 0 Å². The van der Waals surface area contributed by atoms with Crippen LogP contribution in [0.15, 0.2) is 0 Å². The molecular formula is C18H34Cl2N4O2. The molecule has 0 radical (unpaired) electrons. The van der Waals surface area contributed by atoms with Crippen LogP contribution in [-0.2, 0) is 9.59 Å². The van der Waals surface area contributed by atoms with Gasteiger partial charge in [-0.3, -0.25) is 14.5 Å². The van der Waals surface area contributed by atoms with Gasteiger partial charge in [0.2, 0.25) is 11.8 Å². The molecule has 0 spiro atoms. The Balaban J connectivity index is 0.00000169. The molecule has 3 rings (SSSR count). The minimum Gasteiger partial charge on any atom is -0.353 e. The number of nitrogens with one attached hydrogen (secondary N) is 2. The molecule has 1 saturated carbocycles. The molecule has 2 amide bonds. The minimum atomic E-state index is 0. The second kappa shape index (κ2) is 10.7. The van der Waals surface area contributed by atoms with Gasteiger partial charge in [-0.1, -0.05) is 12.8 Å². The second-order valence-corrected chi connectivity index (χ2v) is 7.93. The number of piperazine rings is 1. The SMILES string of the molecule is CC(C)NC(=O)CN1CCN(C(=O)C2CC3CCCCC3N2)CC1.Cl.Cl. The third-order valence-electron chi connectivity index (χ3n) is 5.66. The number of hydrogen-bond donors (Lipinski definition) is 2. The van der Waals surface area contributed by atoms with E-state index in [0.29, 0.717) is 18.5 Å². The summed E-state index contributed by atoms with van der Waals surface area (Å²) in [7, 11) is 0. The summed E-state index contributed by atoms with van der Waals surface area (Å²) < 4.78 is 0. The minimum absolute atomic E-state index is 0. The molecule has 6 nitrogen and oxygen atoms in total. The molecule has 0 aromatic heterocycles. The van der Waals surface area contributed by atoms with E-state index < -0.39 is 0 Å². The highest BCUT2D eigenvalue weighted by Crippen LogP contribution is 2.33. The van der Waals surface area contributed by atoms with Gasteiger partial charge in [0.25, 0.3) is 0 Å². The predicted octanol–water partition coefficient (Wildman–Crippen LogP) is 1.42. The van der Waals surface area contributed by atoms with E-state index in [1.165, 1.54) is 25.7 Å². The molecule has 8 heteroatoms. The Labute approximate surface area is 169 Å². The van der Waals surface area contributed by atoms with Gasteiger partial charge in [0, 0.05) is 38.3 Å². The van der Waals surface area contributed by atoms with Crippen molar-refractivity contribution < 1.29 is 9.59 Å². The molecule has 1 aliphatic carbocycles. The van der Waals surface area contributed by atoms with Crippen LogP contribution >= 0.6 is 24.8 Å². The zero-order chi connectivity index (χ0) is 17.1. The Bertz CT molecular complexity index is 456. The van der Waals surface area contributed by atoms with Crippen molar-refractivity contribution in [2.75, 3.05) is 32.7 Å². The molecule has 0 aromatic carbocycles. The predicted molar refractivity (Wildman–Crippen MR) is 108 cm³/mol. The molecule has 2 saturated heterocycles. The number of fused-ring (bicyclic) bond motifs is 1. The van der Waals surface area contributed by atoms with Crippen molar-refractivity contribution in [2.45, 2.75) is 64.1 Å². The number of hydrogen-bond acceptors (Lipinski definition) is 4. The van der Waals surface area contributed by atoms with Crippen molar-refractivity contribution in [3.63, 3.8) is 0 Å². The molecule has 3 fully saturated rings. The quantitative estimate of drug-likeness (QED) is 0.737. The number of rotatable bonds is 4. The summed E-state index contributed by atoms with van der Waals surface area (Å²) in [5.41, 5.74) is 0. The molecule has 0 bridgehead atoms. The number of halogens is 2. The number of carbonyl (C=O) groups excluding carboxylic acids is 2. The molecule has 2 N–H and O–H groups in total. The average molecular weight is 409 g/mol. The third-order valence-corrected chi connectivity index (χ3v) is 5.66. The first-order chi connectivity index (χ1) is 11.5. The Hall–Kier alpha value is -0.560. The Morgan fingerprint density at radius 2 is 1.73 bits per heavy atom. The topological polar surface area (TPSA) is 64.7 Å². The summed E-state index contributed by atoms with van der Waals surface area (Å²) in [5, 5.41) is 6.51. The lowest BCUT2D eigenvalue weighted by Gasteiger charge is -2.35. The van der Waals surface area contributed by atoms with Gasteiger partial charge in [0.15, 0.2) is 0 Å². The standard InChI is InChI=1S/C18H32N4O2.2ClH/c1-13(2)19-17(23)12-21-7-9-22(10-8-21)18(24)16-11-14-5-3-4-6-15(14)20-16;;/h13-16,20H,3-12H2,1-2H3,(H,19,23);2*1H. The number of nitrogens with zero attached hydrogens (tertiary/aromatic N) is 2. The van der Waals surface area contributed by atoms with E-state index in [1.54, 1.807) is 0 Å². The maximum Gasteiger partial charge on any atom is 0.239 e. The van der Waals surface area contributed by atoms with E-state index in [1.807, 2.05) is 18.7 Å². The summed E-state index contributed by atoms with van der Waals surface area (Å²) in [6, 6.07) is 0.764. The average Bonchev–Trinajstić information content (AvgIpc) is 2.98. The van der Waals surface area contributed by atoms with Crippen LogP contribution in [0.2, 0.25) is 0 Å². The summed E-state index contributed by atoms with van der Waals surface area (Å²) in [6.45, 7) is 7.43. The lowest BCUT2D eigenvalue weighted by molar-refractivity contribution is -0.135. The van der Waals surface area contributed by atoms with Crippen molar-refractivity contribution in [1.82, 2.24) is 20.4 Å². The van der Waals surface area contributed by atoms with E-state index in [2.05, 4.69) is 15.5 Å². The highest BCUT2D eigenvalue weighted by Gasteiger charge is 2.40. The van der Waals surface area contributed by atoms with E-state index in [9.17, 15) is 9.59 Å². The van der Waals surface area contributed by atoms with Gasteiger partial charge in [0.05, 0.1) is 12.6 Å². The zero-order valence-corrected chi connectivity index (χ0v) is 17.5. The van der Waals surface area contributed by atoms with Crippen LogP contribution in [0.5, 0.6) is 0 Å². The summed E-state index contributed by atoms with van der Waals surface area (Å²) >= 11 is 0. The monoisotopic (exact) mass is 408 g/mol. The molecular weight excluding hydrogens is 375 g/mol. The number of amides is 2. The van der Waals surface area contributed by atoms with Gasteiger partial charge < -0.3 is 15.5 Å². The van der Waals surface area contributed by atoms with E-state index >= 15 is 0 Å². The summed E-state index contributed by atoms with van der Waals surface area (Å²) in [6.07, 6.45) is 6.14. The highest BCUT2D eigenvalue weighted by atomic mass is 35.5. The van der Waals surface area contributed by atoms with Crippen LogP contribution < -0.4 is 10.6 Å². The lowest BCUT2D eigenvalue weighted by Crippen LogP contribution is -2.55. The molecule has 2 aliphatic heterocycles. The Morgan fingerprint density at radius 3 is 2.35 bits per heavy atom. The van der Waals surface area contributed by atoms with Crippen molar-refractivity contribution in [3.05, 3.63) is 0 Å². The smallest absolute Gasteiger partial charge is 0.239 e. The maximum atomic E-state index is 12.8. The van der Waals surface area contributed by atoms with Crippen LogP contribution in [0.1, 0.15) is 46.0 Å². The largest absolute Gasteiger partial charge is 0.353 e. The van der Waals surface area contributed by atoms with Crippen LogP contribution in [-0.4, -0.2) is 72.5 Å². The molecule has 3 atom stereocenters. The second-order valence-electron chi connectivity index (χ2n) is 7.93. The van der Waals surface area contributed by atoms with E-state index in [0.717, 1.165) is 32.6 Å². The van der Waals surface area contributed by atoms with Crippen LogP contribution in [0.3, 0.4) is 0 Å². The fourth-order valence-corrected chi connectivity index (χ4v) is 4.43. The van der Waals surface area contributed by atoms with Crippen molar-refractivity contribution in [3.8, 4) is 0 Å².